The molecule has 0 saturated carbocycles. The van der Waals surface area contributed by atoms with Crippen molar-refractivity contribution in [2.75, 3.05) is 12.3 Å². The molecule has 0 atom stereocenters. The van der Waals surface area contributed by atoms with Crippen molar-refractivity contribution in [3.05, 3.63) is 60.2 Å². The molecule has 2 heterocycles. The third-order valence-corrected chi connectivity index (χ3v) is 4.60. The Morgan fingerprint density at radius 3 is 2.75 bits per heavy atom. The minimum Gasteiger partial charge on any atom is -0.431 e. The Morgan fingerprint density at radius 2 is 1.92 bits per heavy atom. The van der Waals surface area contributed by atoms with Crippen molar-refractivity contribution in [2.24, 2.45) is 5.10 Å². The van der Waals surface area contributed by atoms with E-state index in [9.17, 15) is 4.79 Å². The van der Waals surface area contributed by atoms with Gasteiger partial charge in [-0.05, 0) is 17.7 Å². The Bertz CT molecular complexity index is 872. The SMILES string of the molecule is O=C(CSc1nc2ccccc2o1)N1CCC(c2ccccc2)=N1. The van der Waals surface area contributed by atoms with Crippen molar-refractivity contribution in [2.45, 2.75) is 11.6 Å². The molecule has 0 unspecified atom stereocenters. The Kier molecular flexibility index (Phi) is 4.04. The lowest BCUT2D eigenvalue weighted by molar-refractivity contribution is -0.127. The second-order valence-electron chi connectivity index (χ2n) is 5.42. The van der Waals surface area contributed by atoms with Gasteiger partial charge in [0.2, 0.25) is 0 Å². The molecule has 24 heavy (non-hydrogen) atoms. The first-order valence-electron chi connectivity index (χ1n) is 7.71. The van der Waals surface area contributed by atoms with Gasteiger partial charge in [-0.25, -0.2) is 9.99 Å². The van der Waals surface area contributed by atoms with E-state index in [2.05, 4.69) is 10.1 Å². The van der Waals surface area contributed by atoms with E-state index in [1.807, 2.05) is 54.6 Å². The quantitative estimate of drug-likeness (QED) is 0.683. The molecule has 1 amide bonds. The number of hydrogen-bond donors (Lipinski definition) is 0. The van der Waals surface area contributed by atoms with Crippen LogP contribution in [0.15, 0.2) is 69.3 Å². The zero-order valence-electron chi connectivity index (χ0n) is 12.9. The first-order chi connectivity index (χ1) is 11.8. The fourth-order valence-corrected chi connectivity index (χ4v) is 3.29. The van der Waals surface area contributed by atoms with Gasteiger partial charge in [0.05, 0.1) is 18.0 Å². The molecule has 0 N–H and O–H groups in total. The average Bonchev–Trinajstić information content (AvgIpc) is 3.27. The second kappa shape index (κ2) is 6.49. The van der Waals surface area contributed by atoms with Gasteiger partial charge in [0.25, 0.3) is 11.1 Å². The summed E-state index contributed by atoms with van der Waals surface area (Å²) >= 11 is 1.30. The maximum absolute atomic E-state index is 12.3. The van der Waals surface area contributed by atoms with Crippen molar-refractivity contribution >= 4 is 34.5 Å². The molecular weight excluding hydrogens is 322 g/mol. The van der Waals surface area contributed by atoms with Crippen LogP contribution in [0.2, 0.25) is 0 Å². The molecule has 0 fully saturated rings. The lowest BCUT2D eigenvalue weighted by Gasteiger charge is -2.09. The summed E-state index contributed by atoms with van der Waals surface area (Å²) in [5, 5.41) is 6.50. The van der Waals surface area contributed by atoms with E-state index in [1.54, 1.807) is 0 Å². The number of carbonyl (C=O) groups excluding carboxylic acids is 1. The van der Waals surface area contributed by atoms with Crippen molar-refractivity contribution in [1.82, 2.24) is 9.99 Å². The van der Waals surface area contributed by atoms with Crippen molar-refractivity contribution in [1.29, 1.82) is 0 Å². The summed E-state index contributed by atoms with van der Waals surface area (Å²) in [6.07, 6.45) is 0.781. The van der Waals surface area contributed by atoms with E-state index in [1.165, 1.54) is 16.8 Å². The Hall–Kier alpha value is -2.60. The van der Waals surface area contributed by atoms with Gasteiger partial charge < -0.3 is 4.42 Å². The van der Waals surface area contributed by atoms with Crippen LogP contribution in [-0.2, 0) is 4.79 Å². The van der Waals surface area contributed by atoms with Crippen molar-refractivity contribution in [3.63, 3.8) is 0 Å². The molecule has 120 valence electrons. The first kappa shape index (κ1) is 15.0. The number of amides is 1. The highest BCUT2D eigenvalue weighted by Crippen LogP contribution is 2.24. The molecule has 1 aliphatic heterocycles. The predicted molar refractivity (Wildman–Crippen MR) is 94.0 cm³/mol. The molecule has 0 radical (unpaired) electrons. The fourth-order valence-electron chi connectivity index (χ4n) is 2.58. The van der Waals surface area contributed by atoms with Crippen LogP contribution in [-0.4, -0.2) is 33.9 Å². The number of oxazole rings is 1. The van der Waals surface area contributed by atoms with Crippen LogP contribution in [0.5, 0.6) is 0 Å². The van der Waals surface area contributed by atoms with E-state index in [-0.39, 0.29) is 11.7 Å². The molecule has 6 heteroatoms. The third kappa shape index (κ3) is 3.05. The summed E-state index contributed by atoms with van der Waals surface area (Å²) < 4.78 is 5.62. The number of carbonyl (C=O) groups is 1. The molecule has 4 rings (SSSR count). The van der Waals surface area contributed by atoms with E-state index in [0.29, 0.717) is 11.8 Å². The number of thioether (sulfide) groups is 1. The molecule has 1 aromatic heterocycles. The van der Waals surface area contributed by atoms with Gasteiger partial charge in [-0.3, -0.25) is 4.79 Å². The molecule has 0 spiro atoms. The summed E-state index contributed by atoms with van der Waals surface area (Å²) in [7, 11) is 0. The normalized spacial score (nSPS) is 14.2. The number of hydrogen-bond acceptors (Lipinski definition) is 5. The van der Waals surface area contributed by atoms with Gasteiger partial charge in [0.15, 0.2) is 5.58 Å². The molecule has 3 aromatic rings. The minimum absolute atomic E-state index is 0.0341. The minimum atomic E-state index is -0.0341. The summed E-state index contributed by atoms with van der Waals surface area (Å²) in [6.45, 7) is 0.622. The Labute approximate surface area is 143 Å². The van der Waals surface area contributed by atoms with Crippen molar-refractivity contribution in [3.8, 4) is 0 Å². The largest absolute Gasteiger partial charge is 0.431 e. The van der Waals surface area contributed by atoms with E-state index in [4.69, 9.17) is 4.42 Å². The molecule has 1 aliphatic rings. The van der Waals surface area contributed by atoms with Crippen LogP contribution in [0, 0.1) is 0 Å². The van der Waals surface area contributed by atoms with Gasteiger partial charge in [-0.2, -0.15) is 5.10 Å². The van der Waals surface area contributed by atoms with Gasteiger partial charge in [-0.15, -0.1) is 0 Å². The zero-order chi connectivity index (χ0) is 16.4. The van der Waals surface area contributed by atoms with Crippen LogP contribution in [0.3, 0.4) is 0 Å². The molecule has 2 aromatic carbocycles. The zero-order valence-corrected chi connectivity index (χ0v) is 13.7. The van der Waals surface area contributed by atoms with Gasteiger partial charge in [-0.1, -0.05) is 54.2 Å². The van der Waals surface area contributed by atoms with Gasteiger partial charge in [0.1, 0.15) is 5.52 Å². The van der Waals surface area contributed by atoms with Crippen LogP contribution in [0.1, 0.15) is 12.0 Å². The van der Waals surface area contributed by atoms with Crippen molar-refractivity contribution < 1.29 is 9.21 Å². The molecule has 0 bridgehead atoms. The molecule has 5 nitrogen and oxygen atoms in total. The molecule has 0 saturated heterocycles. The summed E-state index contributed by atoms with van der Waals surface area (Å²) in [5.74, 6) is 0.228. The Morgan fingerprint density at radius 1 is 1.12 bits per heavy atom. The lowest BCUT2D eigenvalue weighted by atomic mass is 10.1. The summed E-state index contributed by atoms with van der Waals surface area (Å²) in [6, 6.07) is 17.5. The third-order valence-electron chi connectivity index (χ3n) is 3.79. The maximum Gasteiger partial charge on any atom is 0.257 e. The number of benzene rings is 2. The van der Waals surface area contributed by atoms with E-state index >= 15 is 0 Å². The summed E-state index contributed by atoms with van der Waals surface area (Å²) in [4.78, 5) is 16.7. The Balaban J connectivity index is 1.40. The van der Waals surface area contributed by atoms with Gasteiger partial charge >= 0.3 is 0 Å². The first-order valence-corrected chi connectivity index (χ1v) is 8.70. The topological polar surface area (TPSA) is 58.7 Å². The standard InChI is InChI=1S/C18H15N3O2S/c22-17(12-24-18-19-15-8-4-5-9-16(15)23-18)21-11-10-14(20-21)13-6-2-1-3-7-13/h1-9H,10-12H2. The number of rotatable bonds is 4. The number of para-hydroxylation sites is 2. The highest BCUT2D eigenvalue weighted by atomic mass is 32.2. The summed E-state index contributed by atoms with van der Waals surface area (Å²) in [5.41, 5.74) is 3.56. The maximum atomic E-state index is 12.3. The number of fused-ring (bicyclic) bond motifs is 1. The smallest absolute Gasteiger partial charge is 0.257 e. The van der Waals surface area contributed by atoms with Crippen LogP contribution in [0.4, 0.5) is 0 Å². The second-order valence-corrected chi connectivity index (χ2v) is 6.34. The fraction of sp³-hybridized carbons (Fsp3) is 0.167. The number of hydrazone groups is 1. The molecular formula is C18H15N3O2S. The molecule has 0 aliphatic carbocycles. The average molecular weight is 337 g/mol. The highest BCUT2D eigenvalue weighted by Gasteiger charge is 2.22. The predicted octanol–water partition coefficient (Wildman–Crippen LogP) is 3.56. The number of aromatic nitrogens is 1. The van der Waals surface area contributed by atoms with Gasteiger partial charge in [0, 0.05) is 6.42 Å². The highest BCUT2D eigenvalue weighted by molar-refractivity contribution is 7.99. The van der Waals surface area contributed by atoms with E-state index < -0.39 is 0 Å². The number of nitrogens with zero attached hydrogens (tertiary/aromatic N) is 3. The van der Waals surface area contributed by atoms with Crippen LogP contribution in [0.25, 0.3) is 11.1 Å². The monoisotopic (exact) mass is 337 g/mol. The lowest BCUT2D eigenvalue weighted by Crippen LogP contribution is -2.25. The van der Waals surface area contributed by atoms with Crippen LogP contribution < -0.4 is 0 Å². The van der Waals surface area contributed by atoms with E-state index in [0.717, 1.165) is 28.8 Å². The van der Waals surface area contributed by atoms with Crippen LogP contribution >= 0.6 is 11.8 Å².